The van der Waals surface area contributed by atoms with Gasteiger partial charge in [-0.25, -0.2) is 9.67 Å². The number of nitrogens with zero attached hydrogens (tertiary/aromatic N) is 9. The van der Waals surface area contributed by atoms with Crippen LogP contribution < -0.4 is 5.32 Å². The molecule has 1 N–H and O–H groups in total. The molecule has 11 nitrogen and oxygen atoms in total. The fourth-order valence-corrected chi connectivity index (χ4v) is 3.88. The molecule has 0 aliphatic rings. The van der Waals surface area contributed by atoms with Gasteiger partial charge in [-0.15, -0.1) is 9.90 Å². The van der Waals surface area contributed by atoms with Gasteiger partial charge < -0.3 is 5.32 Å². The minimum Gasteiger partial charge on any atom is -0.320 e. The van der Waals surface area contributed by atoms with Crippen LogP contribution in [-0.2, 0) is 6.18 Å². The van der Waals surface area contributed by atoms with Gasteiger partial charge in [-0.3, -0.25) is 4.79 Å². The minimum atomic E-state index is -4.91. The van der Waals surface area contributed by atoms with Gasteiger partial charge in [0.25, 0.3) is 5.91 Å². The van der Waals surface area contributed by atoms with Gasteiger partial charge in [-0.1, -0.05) is 10.6 Å². The van der Waals surface area contributed by atoms with Crippen molar-refractivity contribution < 1.29 is 18.0 Å². The van der Waals surface area contributed by atoms with Crippen molar-refractivity contribution >= 4 is 33.3 Å². The van der Waals surface area contributed by atoms with Crippen LogP contribution in [0.1, 0.15) is 21.6 Å². The number of fused-ring (bicyclic) bond motifs is 1. The van der Waals surface area contributed by atoms with Crippen molar-refractivity contribution in [3.8, 4) is 17.6 Å². The molecule has 5 rings (SSSR count). The third-order valence-electron chi connectivity index (χ3n) is 4.62. The molecule has 1 aromatic carbocycles. The lowest BCUT2D eigenvalue weighted by Gasteiger charge is -2.13. The maximum Gasteiger partial charge on any atom is 0.434 e. The van der Waals surface area contributed by atoms with E-state index in [4.69, 9.17) is 0 Å². The van der Waals surface area contributed by atoms with Gasteiger partial charge in [0.15, 0.2) is 11.5 Å². The number of amides is 1. The van der Waals surface area contributed by atoms with E-state index in [1.807, 2.05) is 6.07 Å². The Morgan fingerprint density at radius 1 is 1.15 bits per heavy atom. The predicted octanol–water partition coefficient (Wildman–Crippen LogP) is 3.00. The first-order valence-corrected chi connectivity index (χ1v) is 10.1. The lowest BCUT2D eigenvalue weighted by Crippen LogP contribution is -2.21. The van der Waals surface area contributed by atoms with Gasteiger partial charge >= 0.3 is 6.18 Å². The Morgan fingerprint density at radius 3 is 2.68 bits per heavy atom. The van der Waals surface area contributed by atoms with Crippen molar-refractivity contribution in [3.63, 3.8) is 0 Å². The number of anilines is 1. The second-order valence-corrected chi connectivity index (χ2v) is 7.45. The van der Waals surface area contributed by atoms with E-state index in [0.29, 0.717) is 14.9 Å². The Kier molecular flexibility index (Phi) is 4.98. The Bertz CT molecular complexity index is 1570. The Balaban J connectivity index is 1.53. The molecule has 0 aliphatic carbocycles. The van der Waals surface area contributed by atoms with Gasteiger partial charge in [-0.05, 0) is 29.7 Å². The summed E-state index contributed by atoms with van der Waals surface area (Å²) in [5.74, 6) is -0.982. The molecule has 4 heterocycles. The fraction of sp³-hybridized carbons (Fsp3) is 0.0526. The topological polar surface area (TPSA) is 140 Å². The molecule has 15 heteroatoms. The molecule has 168 valence electrons. The third-order valence-corrected chi connectivity index (χ3v) is 5.38. The van der Waals surface area contributed by atoms with Gasteiger partial charge in [0.1, 0.15) is 21.8 Å². The summed E-state index contributed by atoms with van der Waals surface area (Å²) in [6.07, 6.45) is -0.130. The van der Waals surface area contributed by atoms with Crippen LogP contribution in [0.15, 0.2) is 49.1 Å². The lowest BCUT2D eigenvalue weighted by atomic mass is 10.2. The molecule has 0 radical (unpaired) electrons. The molecule has 0 saturated heterocycles. The normalized spacial score (nSPS) is 11.5. The maximum atomic E-state index is 14.0. The summed E-state index contributed by atoms with van der Waals surface area (Å²) < 4.78 is 46.9. The Morgan fingerprint density at radius 2 is 1.94 bits per heavy atom. The van der Waals surface area contributed by atoms with E-state index in [9.17, 15) is 23.2 Å². The van der Waals surface area contributed by atoms with E-state index in [1.54, 1.807) is 6.07 Å². The zero-order valence-electron chi connectivity index (χ0n) is 16.6. The van der Waals surface area contributed by atoms with Gasteiger partial charge in [0.05, 0.1) is 41.7 Å². The number of nitriles is 1. The van der Waals surface area contributed by atoms with E-state index in [1.165, 1.54) is 36.8 Å². The Hall–Kier alpha value is -4.71. The molecular formula is C19H9F3N10OS. The number of carbonyl (C=O) groups excluding carboxylic acids is 1. The average molecular weight is 482 g/mol. The number of hydrogen-bond acceptors (Lipinski definition) is 9. The molecule has 0 spiro atoms. The van der Waals surface area contributed by atoms with Crippen molar-refractivity contribution in [3.05, 3.63) is 65.9 Å². The Labute approximate surface area is 191 Å². The number of hydrogen-bond donors (Lipinski definition) is 1. The first kappa shape index (κ1) is 21.2. The van der Waals surface area contributed by atoms with Gasteiger partial charge in [0, 0.05) is 0 Å². The largest absolute Gasteiger partial charge is 0.434 e. The standard InChI is InChI=1S/C19H9F3N10OS/c20-19(21,22)16-12(9-27-31(16)14-3-1-2-13-15(14)34-30-29-13)18(33)28-11-6-10(7-23)17(24-8-11)32-25-4-5-26-32/h1-6,8-9H,(H,28,33). The molecule has 0 saturated carbocycles. The average Bonchev–Trinajstić information content (AvgIpc) is 3.58. The van der Waals surface area contributed by atoms with Crippen LogP contribution in [0.4, 0.5) is 18.9 Å². The maximum absolute atomic E-state index is 14.0. The second kappa shape index (κ2) is 8.01. The number of benzene rings is 1. The predicted molar refractivity (Wildman–Crippen MR) is 111 cm³/mol. The summed E-state index contributed by atoms with van der Waals surface area (Å²) >= 11 is 0.912. The van der Waals surface area contributed by atoms with Gasteiger partial charge in [0.2, 0.25) is 0 Å². The molecule has 1 amide bonds. The van der Waals surface area contributed by atoms with Crippen LogP contribution in [0.3, 0.4) is 0 Å². The van der Waals surface area contributed by atoms with E-state index < -0.39 is 23.3 Å². The molecule has 0 bridgehead atoms. The number of rotatable bonds is 4. The third kappa shape index (κ3) is 3.61. The highest BCUT2D eigenvalue weighted by atomic mass is 32.1. The molecule has 5 aromatic rings. The van der Waals surface area contributed by atoms with Crippen molar-refractivity contribution in [2.75, 3.05) is 5.32 Å². The zero-order chi connectivity index (χ0) is 23.9. The van der Waals surface area contributed by atoms with Crippen molar-refractivity contribution in [1.29, 1.82) is 5.26 Å². The fourth-order valence-electron chi connectivity index (χ4n) is 3.22. The summed E-state index contributed by atoms with van der Waals surface area (Å²) in [6, 6.07) is 7.70. The molecule has 0 fully saturated rings. The summed E-state index contributed by atoms with van der Waals surface area (Å²) in [5, 5.41) is 27.2. The zero-order valence-corrected chi connectivity index (χ0v) is 17.4. The molecule has 34 heavy (non-hydrogen) atoms. The minimum absolute atomic E-state index is 0.00473. The highest BCUT2D eigenvalue weighted by Crippen LogP contribution is 2.36. The molecule has 0 unspecified atom stereocenters. The van der Waals surface area contributed by atoms with Crippen LogP contribution in [0.2, 0.25) is 0 Å². The molecular weight excluding hydrogens is 473 g/mol. The number of halogens is 3. The number of aromatic nitrogens is 8. The molecule has 0 aliphatic heterocycles. The number of alkyl halides is 3. The quantitative estimate of drug-likeness (QED) is 0.412. The highest BCUT2D eigenvalue weighted by Gasteiger charge is 2.41. The van der Waals surface area contributed by atoms with Gasteiger partial charge in [-0.2, -0.15) is 33.7 Å². The lowest BCUT2D eigenvalue weighted by molar-refractivity contribution is -0.143. The van der Waals surface area contributed by atoms with E-state index in [-0.39, 0.29) is 22.8 Å². The first-order valence-electron chi connectivity index (χ1n) is 9.31. The monoisotopic (exact) mass is 482 g/mol. The second-order valence-electron chi connectivity index (χ2n) is 6.69. The number of pyridine rings is 1. The van der Waals surface area contributed by atoms with Crippen LogP contribution in [0.5, 0.6) is 0 Å². The molecule has 4 aromatic heterocycles. The van der Waals surface area contributed by atoms with Crippen LogP contribution in [0.25, 0.3) is 21.7 Å². The summed E-state index contributed by atoms with van der Waals surface area (Å²) in [6.45, 7) is 0. The number of nitrogens with one attached hydrogen (secondary N) is 1. The van der Waals surface area contributed by atoms with Crippen molar-refractivity contribution in [2.45, 2.75) is 6.18 Å². The SMILES string of the molecule is N#Cc1cc(NC(=O)c2cnn(-c3cccc4nnsc34)c2C(F)(F)F)cnc1-n1nccn1. The summed E-state index contributed by atoms with van der Waals surface area (Å²) in [5.41, 5.74) is -1.48. The summed E-state index contributed by atoms with van der Waals surface area (Å²) in [7, 11) is 0. The van der Waals surface area contributed by atoms with E-state index >= 15 is 0 Å². The smallest absolute Gasteiger partial charge is 0.320 e. The van der Waals surface area contributed by atoms with E-state index in [0.717, 1.165) is 22.5 Å². The van der Waals surface area contributed by atoms with E-state index in [2.05, 4.69) is 35.2 Å². The first-order chi connectivity index (χ1) is 16.4. The highest BCUT2D eigenvalue weighted by molar-refractivity contribution is 7.13. The van der Waals surface area contributed by atoms with Crippen LogP contribution in [0, 0.1) is 11.3 Å². The van der Waals surface area contributed by atoms with Crippen molar-refractivity contribution in [2.24, 2.45) is 0 Å². The van der Waals surface area contributed by atoms with Crippen LogP contribution >= 0.6 is 11.5 Å². The van der Waals surface area contributed by atoms with Crippen LogP contribution in [-0.4, -0.2) is 45.3 Å². The number of carbonyl (C=O) groups is 1. The van der Waals surface area contributed by atoms with Crippen molar-refractivity contribution in [1.82, 2.24) is 39.3 Å². The summed E-state index contributed by atoms with van der Waals surface area (Å²) in [4.78, 5) is 18.0. The molecule has 0 atom stereocenters.